The van der Waals surface area contributed by atoms with Crippen molar-refractivity contribution < 1.29 is 9.53 Å². The zero-order valence-electron chi connectivity index (χ0n) is 15.0. The van der Waals surface area contributed by atoms with Gasteiger partial charge in [-0.05, 0) is 54.2 Å². The van der Waals surface area contributed by atoms with Crippen LogP contribution >= 0.6 is 11.6 Å². The smallest absolute Gasteiger partial charge is 0.277 e. The largest absolute Gasteiger partial charge is 0.484 e. The summed E-state index contributed by atoms with van der Waals surface area (Å²) in [6.45, 7) is 7.98. The number of carbonyl (C=O) groups excluding carboxylic acids is 1. The van der Waals surface area contributed by atoms with Gasteiger partial charge in [-0.3, -0.25) is 4.79 Å². The maximum atomic E-state index is 11.8. The van der Waals surface area contributed by atoms with Gasteiger partial charge in [-0.2, -0.15) is 5.10 Å². The van der Waals surface area contributed by atoms with Gasteiger partial charge in [0.2, 0.25) is 0 Å². The van der Waals surface area contributed by atoms with Crippen LogP contribution in [0.5, 0.6) is 5.75 Å². The Hall–Kier alpha value is -2.33. The summed E-state index contributed by atoms with van der Waals surface area (Å²) in [5.41, 5.74) is 6.48. The highest BCUT2D eigenvalue weighted by Crippen LogP contribution is 2.25. The van der Waals surface area contributed by atoms with Crippen LogP contribution in [-0.2, 0) is 4.79 Å². The number of amides is 1. The number of ether oxygens (including phenoxy) is 1. The average Bonchev–Trinajstić information content (AvgIpc) is 2.58. The highest BCUT2D eigenvalue weighted by atomic mass is 35.5. The van der Waals surface area contributed by atoms with E-state index in [1.165, 1.54) is 5.56 Å². The molecule has 0 saturated heterocycles. The molecular weight excluding hydrogens is 336 g/mol. The number of aryl methyl sites for hydroxylation is 2. The second kappa shape index (κ2) is 8.67. The summed E-state index contributed by atoms with van der Waals surface area (Å²) in [5, 5.41) is 4.66. The first kappa shape index (κ1) is 19.0. The molecule has 0 aliphatic rings. The van der Waals surface area contributed by atoms with E-state index in [0.717, 1.165) is 16.7 Å². The fourth-order valence-electron chi connectivity index (χ4n) is 2.32. The van der Waals surface area contributed by atoms with E-state index < -0.39 is 0 Å². The van der Waals surface area contributed by atoms with Crippen LogP contribution in [0.25, 0.3) is 0 Å². The Morgan fingerprint density at radius 2 is 1.80 bits per heavy atom. The van der Waals surface area contributed by atoms with E-state index in [1.54, 1.807) is 6.21 Å². The fraction of sp³-hybridized carbons (Fsp3) is 0.300. The van der Waals surface area contributed by atoms with E-state index >= 15 is 0 Å². The van der Waals surface area contributed by atoms with Crippen molar-refractivity contribution in [3.05, 3.63) is 63.7 Å². The van der Waals surface area contributed by atoms with E-state index in [1.807, 2.05) is 38.1 Å². The van der Waals surface area contributed by atoms with Crippen LogP contribution in [0.1, 0.15) is 42.0 Å². The number of halogens is 1. The standard InChI is InChI=1S/C20H23ClN2O2/c1-13(2)17-7-5-16(6-8-17)11-22-23-19(24)12-25-18-9-14(3)20(21)15(4)10-18/h5-11,13H,12H2,1-4H3,(H,23,24)/b22-11-. The molecule has 0 atom stereocenters. The lowest BCUT2D eigenvalue weighted by molar-refractivity contribution is -0.123. The summed E-state index contributed by atoms with van der Waals surface area (Å²) < 4.78 is 5.48. The van der Waals surface area contributed by atoms with Gasteiger partial charge >= 0.3 is 0 Å². The third kappa shape index (κ3) is 5.61. The van der Waals surface area contributed by atoms with Crippen LogP contribution in [0.3, 0.4) is 0 Å². The maximum absolute atomic E-state index is 11.8. The molecule has 4 nitrogen and oxygen atoms in total. The minimum absolute atomic E-state index is 0.107. The van der Waals surface area contributed by atoms with Crippen molar-refractivity contribution in [3.63, 3.8) is 0 Å². The molecule has 0 heterocycles. The molecule has 0 radical (unpaired) electrons. The van der Waals surface area contributed by atoms with Gasteiger partial charge in [-0.1, -0.05) is 49.7 Å². The number of rotatable bonds is 6. The van der Waals surface area contributed by atoms with E-state index in [9.17, 15) is 4.79 Å². The Morgan fingerprint density at radius 3 is 2.36 bits per heavy atom. The van der Waals surface area contributed by atoms with Gasteiger partial charge in [0.05, 0.1) is 6.21 Å². The van der Waals surface area contributed by atoms with Crippen molar-refractivity contribution in [1.29, 1.82) is 0 Å². The van der Waals surface area contributed by atoms with Crippen molar-refractivity contribution >= 4 is 23.7 Å². The van der Waals surface area contributed by atoms with Gasteiger partial charge in [-0.15, -0.1) is 0 Å². The molecule has 5 heteroatoms. The molecule has 0 aliphatic heterocycles. The molecule has 0 fully saturated rings. The predicted molar refractivity (Wildman–Crippen MR) is 103 cm³/mol. The first-order chi connectivity index (χ1) is 11.9. The Bertz CT molecular complexity index is 745. The predicted octanol–water partition coefficient (Wildman–Crippen LogP) is 4.61. The summed E-state index contributed by atoms with van der Waals surface area (Å²) in [4.78, 5) is 11.8. The monoisotopic (exact) mass is 358 g/mol. The molecule has 1 N–H and O–H groups in total. The number of hydrogen-bond acceptors (Lipinski definition) is 3. The van der Waals surface area contributed by atoms with Crippen molar-refractivity contribution in [2.45, 2.75) is 33.6 Å². The van der Waals surface area contributed by atoms with E-state index in [2.05, 4.69) is 36.5 Å². The molecule has 25 heavy (non-hydrogen) atoms. The molecule has 0 spiro atoms. The van der Waals surface area contributed by atoms with Gasteiger partial charge in [0.25, 0.3) is 5.91 Å². The molecule has 0 saturated carbocycles. The molecule has 1 amide bonds. The van der Waals surface area contributed by atoms with Crippen molar-refractivity contribution in [2.75, 3.05) is 6.61 Å². The molecule has 132 valence electrons. The maximum Gasteiger partial charge on any atom is 0.277 e. The lowest BCUT2D eigenvalue weighted by Gasteiger charge is -2.09. The second-order valence-electron chi connectivity index (χ2n) is 6.27. The third-order valence-corrected chi connectivity index (χ3v) is 4.38. The van der Waals surface area contributed by atoms with Crippen molar-refractivity contribution in [2.24, 2.45) is 5.10 Å². The summed E-state index contributed by atoms with van der Waals surface area (Å²) in [7, 11) is 0. The Kier molecular flexibility index (Phi) is 6.59. The Balaban J connectivity index is 1.84. The highest BCUT2D eigenvalue weighted by Gasteiger charge is 2.06. The fourth-order valence-corrected chi connectivity index (χ4v) is 2.43. The van der Waals surface area contributed by atoms with Crippen LogP contribution in [-0.4, -0.2) is 18.7 Å². The first-order valence-electron chi connectivity index (χ1n) is 8.18. The number of hydrazone groups is 1. The van der Waals surface area contributed by atoms with Crippen LogP contribution in [0.4, 0.5) is 0 Å². The number of carbonyl (C=O) groups is 1. The number of hydrogen-bond donors (Lipinski definition) is 1. The van der Waals surface area contributed by atoms with Crippen LogP contribution in [0.15, 0.2) is 41.5 Å². The molecule has 2 aromatic carbocycles. The molecule has 0 bridgehead atoms. The summed E-state index contributed by atoms with van der Waals surface area (Å²) in [6, 6.07) is 11.7. The lowest BCUT2D eigenvalue weighted by Crippen LogP contribution is -2.24. The summed E-state index contributed by atoms with van der Waals surface area (Å²) in [6.07, 6.45) is 1.61. The molecule has 0 unspecified atom stereocenters. The number of benzene rings is 2. The zero-order valence-corrected chi connectivity index (χ0v) is 15.7. The van der Waals surface area contributed by atoms with Gasteiger partial charge in [-0.25, -0.2) is 5.43 Å². The van der Waals surface area contributed by atoms with E-state index in [0.29, 0.717) is 16.7 Å². The van der Waals surface area contributed by atoms with E-state index in [4.69, 9.17) is 16.3 Å². The Labute approximate surface area is 153 Å². The first-order valence-corrected chi connectivity index (χ1v) is 8.56. The van der Waals surface area contributed by atoms with Gasteiger partial charge < -0.3 is 4.74 Å². The Morgan fingerprint density at radius 1 is 1.20 bits per heavy atom. The summed E-state index contributed by atoms with van der Waals surface area (Å²) in [5.74, 6) is 0.783. The lowest BCUT2D eigenvalue weighted by atomic mass is 10.0. The molecular formula is C20H23ClN2O2. The van der Waals surface area contributed by atoms with E-state index in [-0.39, 0.29) is 12.5 Å². The topological polar surface area (TPSA) is 50.7 Å². The molecule has 2 rings (SSSR count). The van der Waals surface area contributed by atoms with Gasteiger partial charge in [0.1, 0.15) is 5.75 Å². The van der Waals surface area contributed by atoms with Crippen LogP contribution in [0.2, 0.25) is 5.02 Å². The summed E-state index contributed by atoms with van der Waals surface area (Å²) >= 11 is 6.11. The minimum atomic E-state index is -0.319. The molecule has 2 aromatic rings. The normalized spacial score (nSPS) is 11.1. The zero-order chi connectivity index (χ0) is 18.4. The molecule has 0 aromatic heterocycles. The molecule has 0 aliphatic carbocycles. The second-order valence-corrected chi connectivity index (χ2v) is 6.65. The van der Waals surface area contributed by atoms with Crippen molar-refractivity contribution in [3.8, 4) is 5.75 Å². The van der Waals surface area contributed by atoms with Gasteiger partial charge in [0, 0.05) is 5.02 Å². The minimum Gasteiger partial charge on any atom is -0.484 e. The highest BCUT2D eigenvalue weighted by molar-refractivity contribution is 6.32. The van der Waals surface area contributed by atoms with Crippen molar-refractivity contribution in [1.82, 2.24) is 5.43 Å². The van der Waals surface area contributed by atoms with Crippen LogP contribution in [0, 0.1) is 13.8 Å². The quantitative estimate of drug-likeness (QED) is 0.605. The number of nitrogens with zero attached hydrogens (tertiary/aromatic N) is 1. The average molecular weight is 359 g/mol. The third-order valence-electron chi connectivity index (χ3n) is 3.79. The number of nitrogens with one attached hydrogen (secondary N) is 1. The van der Waals surface area contributed by atoms with Crippen LogP contribution < -0.4 is 10.2 Å². The van der Waals surface area contributed by atoms with Gasteiger partial charge in [0.15, 0.2) is 6.61 Å². The SMILES string of the molecule is Cc1cc(OCC(=O)N/N=C\c2ccc(C(C)C)cc2)cc(C)c1Cl.